The predicted octanol–water partition coefficient (Wildman–Crippen LogP) is 0.598. The zero-order chi connectivity index (χ0) is 12.0. The van der Waals surface area contributed by atoms with Crippen molar-refractivity contribution in [1.82, 2.24) is 5.32 Å². The first kappa shape index (κ1) is 12.0. The molecule has 5 nitrogen and oxygen atoms in total. The van der Waals surface area contributed by atoms with Crippen LogP contribution in [0.1, 0.15) is 10.4 Å². The Labute approximate surface area is 93.4 Å². The van der Waals surface area contributed by atoms with Gasteiger partial charge in [0.15, 0.2) is 0 Å². The highest BCUT2D eigenvalue weighted by molar-refractivity contribution is 5.98. The topological polar surface area (TPSA) is 64.6 Å². The van der Waals surface area contributed by atoms with Gasteiger partial charge in [0.2, 0.25) is 0 Å². The number of esters is 1. The fourth-order valence-corrected chi connectivity index (χ4v) is 1.15. The molecule has 0 atom stereocenters. The van der Waals surface area contributed by atoms with Gasteiger partial charge in [-0.15, -0.1) is 0 Å². The van der Waals surface area contributed by atoms with Gasteiger partial charge in [-0.3, -0.25) is 9.59 Å². The molecule has 0 aliphatic rings. The number of carbonyl (C=O) groups excluding carboxylic acids is 2. The van der Waals surface area contributed by atoms with Crippen molar-refractivity contribution >= 4 is 11.9 Å². The second-order valence-electron chi connectivity index (χ2n) is 2.96. The Bertz CT molecular complexity index is 389. The lowest BCUT2D eigenvalue weighted by molar-refractivity contribution is -0.139. The van der Waals surface area contributed by atoms with Crippen molar-refractivity contribution < 1.29 is 19.1 Å². The van der Waals surface area contributed by atoms with E-state index < -0.39 is 5.97 Å². The Hall–Kier alpha value is -2.04. The summed E-state index contributed by atoms with van der Waals surface area (Å²) >= 11 is 0. The Morgan fingerprint density at radius 2 is 1.94 bits per heavy atom. The Balaban J connectivity index is 2.69. The largest absolute Gasteiger partial charge is 0.496 e. The fourth-order valence-electron chi connectivity index (χ4n) is 1.15. The minimum Gasteiger partial charge on any atom is -0.496 e. The molecule has 0 spiro atoms. The lowest BCUT2D eigenvalue weighted by Gasteiger charge is -2.07. The van der Waals surface area contributed by atoms with Gasteiger partial charge < -0.3 is 14.8 Å². The van der Waals surface area contributed by atoms with Gasteiger partial charge in [0, 0.05) is 0 Å². The van der Waals surface area contributed by atoms with Crippen LogP contribution in [0.5, 0.6) is 5.75 Å². The van der Waals surface area contributed by atoms with E-state index in [-0.39, 0.29) is 12.5 Å². The lowest BCUT2D eigenvalue weighted by atomic mass is 10.2. The maximum Gasteiger partial charge on any atom is 0.325 e. The Morgan fingerprint density at radius 1 is 1.25 bits per heavy atom. The van der Waals surface area contributed by atoms with Crippen LogP contribution in [-0.2, 0) is 9.53 Å². The van der Waals surface area contributed by atoms with Gasteiger partial charge in [-0.2, -0.15) is 0 Å². The van der Waals surface area contributed by atoms with Gasteiger partial charge >= 0.3 is 5.97 Å². The van der Waals surface area contributed by atoms with Crippen molar-refractivity contribution in [1.29, 1.82) is 0 Å². The van der Waals surface area contributed by atoms with Crippen LogP contribution in [0, 0.1) is 0 Å². The van der Waals surface area contributed by atoms with Crippen molar-refractivity contribution in [2.45, 2.75) is 0 Å². The van der Waals surface area contributed by atoms with Gasteiger partial charge in [0.25, 0.3) is 5.91 Å². The van der Waals surface area contributed by atoms with E-state index in [1.165, 1.54) is 14.2 Å². The zero-order valence-electron chi connectivity index (χ0n) is 9.15. The Morgan fingerprint density at radius 3 is 2.56 bits per heavy atom. The number of hydrogen-bond acceptors (Lipinski definition) is 4. The highest BCUT2D eigenvalue weighted by Gasteiger charge is 2.12. The third kappa shape index (κ3) is 2.98. The second-order valence-corrected chi connectivity index (χ2v) is 2.96. The molecule has 1 N–H and O–H groups in total. The van der Waals surface area contributed by atoms with E-state index in [9.17, 15) is 9.59 Å². The molecule has 16 heavy (non-hydrogen) atoms. The van der Waals surface area contributed by atoms with E-state index in [0.29, 0.717) is 11.3 Å². The lowest BCUT2D eigenvalue weighted by Crippen LogP contribution is -2.30. The van der Waals surface area contributed by atoms with Crippen molar-refractivity contribution in [3.63, 3.8) is 0 Å². The minimum atomic E-state index is -0.497. The van der Waals surface area contributed by atoms with Gasteiger partial charge in [0.1, 0.15) is 12.3 Å². The standard InChI is InChI=1S/C11H13NO4/c1-15-9-6-4-3-5-8(9)11(14)12-7-10(13)16-2/h3-6H,7H2,1-2H3,(H,12,14). The number of hydrogen-bond donors (Lipinski definition) is 1. The summed E-state index contributed by atoms with van der Waals surface area (Å²) in [5.41, 5.74) is 0.383. The molecule has 0 fully saturated rings. The average Bonchev–Trinajstić information content (AvgIpc) is 2.35. The molecule has 1 amide bonds. The third-order valence-corrected chi connectivity index (χ3v) is 1.97. The maximum atomic E-state index is 11.6. The van der Waals surface area contributed by atoms with Crippen LogP contribution in [-0.4, -0.2) is 32.6 Å². The number of methoxy groups -OCH3 is 2. The van der Waals surface area contributed by atoms with Gasteiger partial charge in [0.05, 0.1) is 19.8 Å². The zero-order valence-corrected chi connectivity index (χ0v) is 9.15. The van der Waals surface area contributed by atoms with Crippen molar-refractivity contribution in [2.24, 2.45) is 0 Å². The van der Waals surface area contributed by atoms with E-state index in [1.807, 2.05) is 0 Å². The molecule has 0 radical (unpaired) electrons. The highest BCUT2D eigenvalue weighted by atomic mass is 16.5. The van der Waals surface area contributed by atoms with E-state index in [0.717, 1.165) is 0 Å². The van der Waals surface area contributed by atoms with Gasteiger partial charge in [-0.05, 0) is 12.1 Å². The molecule has 0 saturated carbocycles. The van der Waals surface area contributed by atoms with E-state index >= 15 is 0 Å². The predicted molar refractivity (Wildman–Crippen MR) is 57.3 cm³/mol. The summed E-state index contributed by atoms with van der Waals surface area (Å²) in [5, 5.41) is 2.43. The fraction of sp³-hybridized carbons (Fsp3) is 0.273. The van der Waals surface area contributed by atoms with Crippen LogP contribution in [0.4, 0.5) is 0 Å². The number of benzene rings is 1. The molecular formula is C11H13NO4. The molecule has 0 saturated heterocycles. The van der Waals surface area contributed by atoms with Crippen molar-refractivity contribution in [3.8, 4) is 5.75 Å². The highest BCUT2D eigenvalue weighted by Crippen LogP contribution is 2.16. The smallest absolute Gasteiger partial charge is 0.325 e. The van der Waals surface area contributed by atoms with Crippen molar-refractivity contribution in [2.75, 3.05) is 20.8 Å². The number of rotatable bonds is 4. The van der Waals surface area contributed by atoms with Crippen LogP contribution < -0.4 is 10.1 Å². The number of nitrogens with one attached hydrogen (secondary N) is 1. The summed E-state index contributed by atoms with van der Waals surface area (Å²) in [4.78, 5) is 22.5. The summed E-state index contributed by atoms with van der Waals surface area (Å²) < 4.78 is 9.43. The van der Waals surface area contributed by atoms with Crippen LogP contribution in [0.25, 0.3) is 0 Å². The average molecular weight is 223 g/mol. The van der Waals surface area contributed by atoms with Crippen LogP contribution in [0.15, 0.2) is 24.3 Å². The Kier molecular flexibility index (Phi) is 4.32. The number of ether oxygens (including phenoxy) is 2. The molecule has 1 rings (SSSR count). The molecule has 86 valence electrons. The molecule has 0 heterocycles. The maximum absolute atomic E-state index is 11.6. The molecule has 0 bridgehead atoms. The summed E-state index contributed by atoms with van der Waals surface area (Å²) in [7, 11) is 2.74. The molecule has 1 aromatic carbocycles. The molecule has 1 aromatic rings. The molecule has 0 aliphatic carbocycles. The first-order chi connectivity index (χ1) is 7.69. The normalized spacial score (nSPS) is 9.38. The SMILES string of the molecule is COC(=O)CNC(=O)c1ccccc1OC. The molecule has 0 unspecified atom stereocenters. The minimum absolute atomic E-state index is 0.159. The van der Waals surface area contributed by atoms with E-state index in [1.54, 1.807) is 24.3 Å². The summed E-state index contributed by atoms with van der Waals surface area (Å²) in [6.07, 6.45) is 0. The van der Waals surface area contributed by atoms with Crippen LogP contribution in [0.2, 0.25) is 0 Å². The molecule has 0 aromatic heterocycles. The van der Waals surface area contributed by atoms with Crippen LogP contribution >= 0.6 is 0 Å². The van der Waals surface area contributed by atoms with Crippen LogP contribution in [0.3, 0.4) is 0 Å². The second kappa shape index (κ2) is 5.75. The summed E-state index contributed by atoms with van der Waals surface area (Å²) in [6, 6.07) is 6.77. The van der Waals surface area contributed by atoms with Gasteiger partial charge in [-0.1, -0.05) is 12.1 Å². The first-order valence-electron chi connectivity index (χ1n) is 4.67. The molecular weight excluding hydrogens is 210 g/mol. The molecule has 5 heteroatoms. The summed E-state index contributed by atoms with van der Waals surface area (Å²) in [5.74, 6) is -0.407. The third-order valence-electron chi connectivity index (χ3n) is 1.97. The van der Waals surface area contributed by atoms with E-state index in [2.05, 4.69) is 10.1 Å². The monoisotopic (exact) mass is 223 g/mol. The van der Waals surface area contributed by atoms with Gasteiger partial charge in [-0.25, -0.2) is 0 Å². The van der Waals surface area contributed by atoms with Crippen molar-refractivity contribution in [3.05, 3.63) is 29.8 Å². The number of amides is 1. The number of para-hydroxylation sites is 1. The van der Waals surface area contributed by atoms with E-state index in [4.69, 9.17) is 4.74 Å². The molecule has 0 aliphatic heterocycles. The summed E-state index contributed by atoms with van der Waals surface area (Å²) in [6.45, 7) is -0.159. The quantitative estimate of drug-likeness (QED) is 0.759. The number of carbonyl (C=O) groups is 2. The first-order valence-corrected chi connectivity index (χ1v) is 4.67.